The number of amides is 1. The summed E-state index contributed by atoms with van der Waals surface area (Å²) in [7, 11) is 0. The molecule has 27 heavy (non-hydrogen) atoms. The first-order chi connectivity index (χ1) is 13.3. The fraction of sp³-hybridized carbons (Fsp3) is 0.238. The second kappa shape index (κ2) is 6.79. The summed E-state index contributed by atoms with van der Waals surface area (Å²) in [6.45, 7) is 4.11. The molecule has 0 radical (unpaired) electrons. The van der Waals surface area contributed by atoms with E-state index in [1.165, 1.54) is 4.70 Å². The number of thiophene rings is 1. The molecule has 1 saturated heterocycles. The van der Waals surface area contributed by atoms with Crippen LogP contribution in [0, 0.1) is 0 Å². The maximum atomic E-state index is 12.9. The van der Waals surface area contributed by atoms with Crippen molar-refractivity contribution in [3.63, 3.8) is 0 Å². The third-order valence-electron chi connectivity index (χ3n) is 5.10. The summed E-state index contributed by atoms with van der Waals surface area (Å²) in [6, 6.07) is 16.2. The SMILES string of the molecule is O=C(c1cc2ccccc2s1)N1CCN(Cc2cn3ccccc3n2)CC1. The highest BCUT2D eigenvalue weighted by molar-refractivity contribution is 7.20. The number of hydrogen-bond acceptors (Lipinski definition) is 4. The van der Waals surface area contributed by atoms with Crippen LogP contribution in [-0.4, -0.2) is 51.3 Å². The summed E-state index contributed by atoms with van der Waals surface area (Å²) in [5.74, 6) is 0.156. The number of aromatic nitrogens is 2. The fourth-order valence-corrected chi connectivity index (χ4v) is 4.68. The van der Waals surface area contributed by atoms with Crippen LogP contribution in [0.5, 0.6) is 0 Å². The van der Waals surface area contributed by atoms with Gasteiger partial charge in [0.25, 0.3) is 5.91 Å². The first-order valence-corrected chi connectivity index (χ1v) is 10.0. The van der Waals surface area contributed by atoms with Crippen LogP contribution in [0.1, 0.15) is 15.4 Å². The summed E-state index contributed by atoms with van der Waals surface area (Å²) in [5, 5.41) is 1.15. The topological polar surface area (TPSA) is 40.9 Å². The number of nitrogens with zero attached hydrogens (tertiary/aromatic N) is 4. The van der Waals surface area contributed by atoms with Crippen molar-refractivity contribution in [1.29, 1.82) is 0 Å². The molecule has 1 amide bonds. The lowest BCUT2D eigenvalue weighted by Crippen LogP contribution is -2.48. The van der Waals surface area contributed by atoms with Crippen molar-refractivity contribution in [2.75, 3.05) is 26.2 Å². The van der Waals surface area contributed by atoms with Gasteiger partial charge in [-0.2, -0.15) is 0 Å². The molecule has 0 bridgehead atoms. The van der Waals surface area contributed by atoms with Gasteiger partial charge in [-0.25, -0.2) is 4.98 Å². The number of hydrogen-bond donors (Lipinski definition) is 0. The minimum atomic E-state index is 0.156. The zero-order valence-corrected chi connectivity index (χ0v) is 15.7. The summed E-state index contributed by atoms with van der Waals surface area (Å²) >= 11 is 1.59. The van der Waals surface area contributed by atoms with Gasteiger partial charge in [-0.05, 0) is 29.7 Å². The van der Waals surface area contributed by atoms with E-state index in [-0.39, 0.29) is 5.91 Å². The van der Waals surface area contributed by atoms with Gasteiger partial charge in [0.2, 0.25) is 0 Å². The molecule has 0 N–H and O–H groups in total. The van der Waals surface area contributed by atoms with Gasteiger partial charge in [-0.15, -0.1) is 11.3 Å². The Hall–Kier alpha value is -2.70. The Morgan fingerprint density at radius 2 is 1.85 bits per heavy atom. The number of piperazine rings is 1. The summed E-state index contributed by atoms with van der Waals surface area (Å²) in [6.07, 6.45) is 4.11. The standard InChI is InChI=1S/C21H20N4OS/c26-21(19-13-16-5-1-2-6-18(16)27-19)24-11-9-23(10-12-24)14-17-15-25-8-4-3-7-20(25)22-17/h1-8,13,15H,9-12,14H2. The zero-order valence-electron chi connectivity index (χ0n) is 14.9. The van der Waals surface area contributed by atoms with E-state index in [2.05, 4.69) is 32.6 Å². The summed E-state index contributed by atoms with van der Waals surface area (Å²) in [5.41, 5.74) is 2.05. The van der Waals surface area contributed by atoms with E-state index in [1.807, 2.05) is 47.5 Å². The van der Waals surface area contributed by atoms with Crippen LogP contribution in [0.15, 0.2) is 60.9 Å². The molecule has 1 fully saturated rings. The van der Waals surface area contributed by atoms with Crippen LogP contribution >= 0.6 is 11.3 Å². The van der Waals surface area contributed by atoms with Crippen molar-refractivity contribution < 1.29 is 4.79 Å². The molecule has 1 aliphatic heterocycles. The molecule has 0 spiro atoms. The van der Waals surface area contributed by atoms with Crippen LogP contribution < -0.4 is 0 Å². The molecule has 4 heterocycles. The van der Waals surface area contributed by atoms with Gasteiger partial charge in [-0.3, -0.25) is 9.69 Å². The van der Waals surface area contributed by atoms with Crippen LogP contribution in [-0.2, 0) is 6.54 Å². The molecule has 6 heteroatoms. The highest BCUT2D eigenvalue weighted by Gasteiger charge is 2.23. The largest absolute Gasteiger partial charge is 0.335 e. The Morgan fingerprint density at radius 3 is 2.67 bits per heavy atom. The first-order valence-electron chi connectivity index (χ1n) is 9.19. The predicted octanol–water partition coefficient (Wildman–Crippen LogP) is 3.51. The van der Waals surface area contributed by atoms with Gasteiger partial charge < -0.3 is 9.30 Å². The summed E-state index contributed by atoms with van der Waals surface area (Å²) in [4.78, 5) is 22.7. The molecule has 1 aliphatic rings. The number of carbonyl (C=O) groups excluding carboxylic acids is 1. The molecule has 5 nitrogen and oxygen atoms in total. The normalized spacial score (nSPS) is 15.6. The van der Waals surface area contributed by atoms with Crippen molar-refractivity contribution in [3.8, 4) is 0 Å². The quantitative estimate of drug-likeness (QED) is 0.549. The maximum absolute atomic E-state index is 12.9. The van der Waals surface area contributed by atoms with E-state index in [4.69, 9.17) is 0 Å². The van der Waals surface area contributed by atoms with Gasteiger partial charge in [0.05, 0.1) is 10.6 Å². The molecular weight excluding hydrogens is 356 g/mol. The summed E-state index contributed by atoms with van der Waals surface area (Å²) < 4.78 is 3.22. The predicted molar refractivity (Wildman–Crippen MR) is 108 cm³/mol. The number of fused-ring (bicyclic) bond motifs is 2. The number of rotatable bonds is 3. The lowest BCUT2D eigenvalue weighted by atomic mass is 10.2. The minimum absolute atomic E-state index is 0.156. The van der Waals surface area contributed by atoms with Crippen LogP contribution in [0.2, 0.25) is 0 Å². The van der Waals surface area contributed by atoms with Crippen molar-refractivity contribution in [2.24, 2.45) is 0 Å². The highest BCUT2D eigenvalue weighted by Crippen LogP contribution is 2.26. The molecule has 4 aromatic rings. The first kappa shape index (κ1) is 16.5. The van der Waals surface area contributed by atoms with Crippen LogP contribution in [0.3, 0.4) is 0 Å². The van der Waals surface area contributed by atoms with Crippen molar-refractivity contribution in [1.82, 2.24) is 19.2 Å². The van der Waals surface area contributed by atoms with Crippen molar-refractivity contribution in [2.45, 2.75) is 6.54 Å². The van der Waals surface area contributed by atoms with E-state index < -0.39 is 0 Å². The number of pyridine rings is 1. The second-order valence-electron chi connectivity index (χ2n) is 6.92. The molecule has 0 atom stereocenters. The zero-order chi connectivity index (χ0) is 18.2. The second-order valence-corrected chi connectivity index (χ2v) is 8.00. The van der Waals surface area contributed by atoms with Gasteiger partial charge in [0.1, 0.15) is 5.65 Å². The van der Waals surface area contributed by atoms with E-state index in [9.17, 15) is 4.79 Å². The van der Waals surface area contributed by atoms with Gasteiger partial charge >= 0.3 is 0 Å². The Bertz CT molecular complexity index is 1040. The molecular formula is C21H20N4OS. The molecule has 136 valence electrons. The van der Waals surface area contributed by atoms with Gasteiger partial charge in [0.15, 0.2) is 0 Å². The van der Waals surface area contributed by atoms with E-state index in [0.29, 0.717) is 0 Å². The molecule has 0 unspecified atom stereocenters. The molecule has 3 aromatic heterocycles. The highest BCUT2D eigenvalue weighted by atomic mass is 32.1. The fourth-order valence-electron chi connectivity index (χ4n) is 3.64. The molecule has 0 saturated carbocycles. The average Bonchev–Trinajstić information content (AvgIpc) is 3.31. The smallest absolute Gasteiger partial charge is 0.264 e. The monoisotopic (exact) mass is 376 g/mol. The van der Waals surface area contributed by atoms with E-state index in [1.54, 1.807) is 11.3 Å². The molecule has 1 aromatic carbocycles. The number of benzene rings is 1. The Balaban J connectivity index is 1.23. The third-order valence-corrected chi connectivity index (χ3v) is 6.20. The lowest BCUT2D eigenvalue weighted by Gasteiger charge is -2.34. The van der Waals surface area contributed by atoms with Gasteiger partial charge in [-0.1, -0.05) is 24.3 Å². The van der Waals surface area contributed by atoms with E-state index >= 15 is 0 Å². The van der Waals surface area contributed by atoms with E-state index in [0.717, 1.165) is 54.3 Å². The Morgan fingerprint density at radius 1 is 1.04 bits per heavy atom. The van der Waals surface area contributed by atoms with Crippen molar-refractivity contribution in [3.05, 3.63) is 71.5 Å². The number of carbonyl (C=O) groups is 1. The Labute approximate surface area is 161 Å². The molecule has 0 aliphatic carbocycles. The van der Waals surface area contributed by atoms with Gasteiger partial charge in [0, 0.05) is 49.8 Å². The number of imidazole rings is 1. The minimum Gasteiger partial charge on any atom is -0.335 e. The van der Waals surface area contributed by atoms with Crippen LogP contribution in [0.4, 0.5) is 0 Å². The lowest BCUT2D eigenvalue weighted by molar-refractivity contribution is 0.0632. The maximum Gasteiger partial charge on any atom is 0.264 e. The molecule has 5 rings (SSSR count). The third kappa shape index (κ3) is 3.22. The Kier molecular flexibility index (Phi) is 4.14. The van der Waals surface area contributed by atoms with Crippen LogP contribution in [0.25, 0.3) is 15.7 Å². The average molecular weight is 376 g/mol. The van der Waals surface area contributed by atoms with Crippen molar-refractivity contribution >= 4 is 33.0 Å².